The predicted molar refractivity (Wildman–Crippen MR) is 83.4 cm³/mol. The Morgan fingerprint density at radius 3 is 2.73 bits per heavy atom. The van der Waals surface area contributed by atoms with Gasteiger partial charge in [-0.05, 0) is 12.5 Å². The van der Waals surface area contributed by atoms with E-state index in [-0.39, 0.29) is 12.0 Å². The number of piperazine rings is 1. The van der Waals surface area contributed by atoms with E-state index >= 15 is 0 Å². The molecule has 2 aliphatic heterocycles. The fourth-order valence-corrected chi connectivity index (χ4v) is 3.40. The molecule has 0 bridgehead atoms. The van der Waals surface area contributed by atoms with Gasteiger partial charge in [-0.15, -0.1) is 0 Å². The maximum Gasteiger partial charge on any atom is 0.323 e. The Hall–Kier alpha value is -1.43. The van der Waals surface area contributed by atoms with E-state index in [4.69, 9.17) is 4.74 Å². The van der Waals surface area contributed by atoms with Gasteiger partial charge in [-0.3, -0.25) is 14.6 Å². The van der Waals surface area contributed by atoms with E-state index in [9.17, 15) is 9.90 Å². The number of cyclic esters (lactones) is 1. The Morgan fingerprint density at radius 2 is 2.09 bits per heavy atom. The minimum absolute atomic E-state index is 0.0661. The van der Waals surface area contributed by atoms with Crippen molar-refractivity contribution >= 4 is 5.97 Å². The van der Waals surface area contributed by atoms with Gasteiger partial charge in [-0.2, -0.15) is 0 Å². The fraction of sp³-hybridized carbons (Fsp3) is 0.588. The highest BCUT2D eigenvalue weighted by molar-refractivity contribution is 5.77. The van der Waals surface area contributed by atoms with Crippen LogP contribution in [0, 0.1) is 0 Å². The van der Waals surface area contributed by atoms with E-state index in [1.54, 1.807) is 0 Å². The van der Waals surface area contributed by atoms with Crippen molar-refractivity contribution in [1.82, 2.24) is 9.80 Å². The molecule has 1 N–H and O–H groups in total. The van der Waals surface area contributed by atoms with Crippen LogP contribution in [0.3, 0.4) is 0 Å². The molecule has 2 fully saturated rings. The zero-order valence-electron chi connectivity index (χ0n) is 13.0. The molecule has 1 aromatic carbocycles. The van der Waals surface area contributed by atoms with Crippen LogP contribution in [0.1, 0.15) is 25.0 Å². The molecule has 3 atom stereocenters. The van der Waals surface area contributed by atoms with Crippen LogP contribution in [0.15, 0.2) is 30.3 Å². The molecule has 0 unspecified atom stereocenters. The molecule has 2 saturated heterocycles. The molecule has 0 saturated carbocycles. The smallest absolute Gasteiger partial charge is 0.323 e. The number of aliphatic hydroxyl groups excluding tert-OH is 1. The van der Waals surface area contributed by atoms with Gasteiger partial charge in [0.25, 0.3) is 0 Å². The van der Waals surface area contributed by atoms with Gasteiger partial charge < -0.3 is 9.84 Å². The quantitative estimate of drug-likeness (QED) is 0.843. The number of ether oxygens (including phenoxy) is 1. The summed E-state index contributed by atoms with van der Waals surface area (Å²) >= 11 is 0. The molecule has 3 rings (SSSR count). The first kappa shape index (κ1) is 15.5. The van der Waals surface area contributed by atoms with Crippen molar-refractivity contribution in [3.63, 3.8) is 0 Å². The van der Waals surface area contributed by atoms with Crippen molar-refractivity contribution in [1.29, 1.82) is 0 Å². The molecule has 0 amide bonds. The number of aliphatic hydroxyl groups is 1. The molecule has 0 radical (unpaired) electrons. The maximum absolute atomic E-state index is 11.7. The van der Waals surface area contributed by atoms with Crippen LogP contribution in [0.4, 0.5) is 0 Å². The zero-order chi connectivity index (χ0) is 15.5. The minimum atomic E-state index is -0.466. The van der Waals surface area contributed by atoms with E-state index in [1.165, 1.54) is 0 Å². The molecule has 0 aromatic heterocycles. The molecule has 0 spiro atoms. The zero-order valence-corrected chi connectivity index (χ0v) is 13.0. The highest BCUT2D eigenvalue weighted by Gasteiger charge is 2.36. The first-order valence-corrected chi connectivity index (χ1v) is 8.03. The van der Waals surface area contributed by atoms with Crippen molar-refractivity contribution in [2.75, 3.05) is 32.8 Å². The Bertz CT molecular complexity index is 508. The first-order valence-electron chi connectivity index (χ1n) is 8.03. The molecule has 2 aliphatic rings. The number of carbonyl (C=O) groups excluding carboxylic acids is 1. The van der Waals surface area contributed by atoms with Gasteiger partial charge in [0.05, 0.1) is 12.7 Å². The van der Waals surface area contributed by atoms with Crippen molar-refractivity contribution in [2.24, 2.45) is 0 Å². The van der Waals surface area contributed by atoms with Crippen molar-refractivity contribution < 1.29 is 14.6 Å². The first-order chi connectivity index (χ1) is 10.6. The Morgan fingerprint density at radius 1 is 1.32 bits per heavy atom. The van der Waals surface area contributed by atoms with E-state index in [1.807, 2.05) is 30.3 Å². The molecule has 5 nitrogen and oxygen atoms in total. The van der Waals surface area contributed by atoms with Crippen LogP contribution in [-0.4, -0.2) is 65.7 Å². The highest BCUT2D eigenvalue weighted by atomic mass is 16.5. The SMILES string of the molecule is C[C@@H]1CN([C@H]2CCOC2=O)CCN1C[C@@H](O)c1ccccc1. The van der Waals surface area contributed by atoms with Crippen LogP contribution < -0.4 is 0 Å². The normalized spacial score (nSPS) is 28.5. The number of nitrogens with zero attached hydrogens (tertiary/aromatic N) is 2. The number of benzene rings is 1. The fourth-order valence-electron chi connectivity index (χ4n) is 3.40. The average molecular weight is 304 g/mol. The Kier molecular flexibility index (Phi) is 4.76. The number of rotatable bonds is 4. The second-order valence-corrected chi connectivity index (χ2v) is 6.24. The minimum Gasteiger partial charge on any atom is -0.464 e. The number of esters is 1. The summed E-state index contributed by atoms with van der Waals surface area (Å²) in [5, 5.41) is 10.4. The van der Waals surface area contributed by atoms with Crippen LogP contribution >= 0.6 is 0 Å². The topological polar surface area (TPSA) is 53.0 Å². The van der Waals surface area contributed by atoms with Crippen LogP contribution in [-0.2, 0) is 9.53 Å². The molecule has 120 valence electrons. The van der Waals surface area contributed by atoms with Crippen LogP contribution in [0.25, 0.3) is 0 Å². The van der Waals surface area contributed by atoms with Gasteiger partial charge in [0.15, 0.2) is 0 Å². The summed E-state index contributed by atoms with van der Waals surface area (Å²) in [6.45, 7) is 5.91. The van der Waals surface area contributed by atoms with Gasteiger partial charge >= 0.3 is 5.97 Å². The summed E-state index contributed by atoms with van der Waals surface area (Å²) < 4.78 is 5.07. The van der Waals surface area contributed by atoms with Gasteiger partial charge in [0.2, 0.25) is 0 Å². The summed E-state index contributed by atoms with van der Waals surface area (Å²) in [7, 11) is 0. The molecule has 2 heterocycles. The molecule has 1 aromatic rings. The molecule has 22 heavy (non-hydrogen) atoms. The van der Waals surface area contributed by atoms with Gasteiger partial charge in [0, 0.05) is 38.6 Å². The lowest BCUT2D eigenvalue weighted by atomic mass is 10.1. The predicted octanol–water partition coefficient (Wildman–Crippen LogP) is 1.04. The van der Waals surface area contributed by atoms with Crippen LogP contribution in [0.2, 0.25) is 0 Å². The van der Waals surface area contributed by atoms with Crippen LogP contribution in [0.5, 0.6) is 0 Å². The number of hydrogen-bond acceptors (Lipinski definition) is 5. The lowest BCUT2D eigenvalue weighted by molar-refractivity contribution is -0.143. The summed E-state index contributed by atoms with van der Waals surface area (Å²) in [6, 6.07) is 10.0. The summed E-state index contributed by atoms with van der Waals surface area (Å²) in [5.74, 6) is -0.0787. The third-order valence-corrected chi connectivity index (χ3v) is 4.74. The van der Waals surface area contributed by atoms with Gasteiger partial charge in [-0.1, -0.05) is 30.3 Å². The molecule has 0 aliphatic carbocycles. The largest absolute Gasteiger partial charge is 0.464 e. The number of carbonyl (C=O) groups is 1. The highest BCUT2D eigenvalue weighted by Crippen LogP contribution is 2.21. The van der Waals surface area contributed by atoms with E-state index < -0.39 is 6.10 Å². The van der Waals surface area contributed by atoms with Gasteiger partial charge in [0.1, 0.15) is 6.04 Å². The Balaban J connectivity index is 1.55. The second-order valence-electron chi connectivity index (χ2n) is 6.24. The monoisotopic (exact) mass is 304 g/mol. The van der Waals surface area contributed by atoms with E-state index in [0.29, 0.717) is 19.2 Å². The molecular weight excluding hydrogens is 280 g/mol. The maximum atomic E-state index is 11.7. The summed E-state index contributed by atoms with van der Waals surface area (Å²) in [5.41, 5.74) is 0.955. The number of β-amino-alcohol motifs (C(OH)–C–C–N with tert-alkyl or cyclic N) is 1. The lowest BCUT2D eigenvalue weighted by Gasteiger charge is -2.42. The molecular formula is C17H24N2O3. The van der Waals surface area contributed by atoms with Crippen molar-refractivity contribution in [2.45, 2.75) is 31.5 Å². The standard InChI is InChI=1S/C17H24N2O3/c1-13-11-19(15-7-10-22-17(15)21)9-8-18(13)12-16(20)14-5-3-2-4-6-14/h2-6,13,15-16,20H,7-12H2,1H3/t13-,15+,16-/m1/s1. The van der Waals surface area contributed by atoms with E-state index in [0.717, 1.165) is 31.6 Å². The van der Waals surface area contributed by atoms with Crippen molar-refractivity contribution in [3.05, 3.63) is 35.9 Å². The Labute approximate surface area is 131 Å². The van der Waals surface area contributed by atoms with Crippen molar-refractivity contribution in [3.8, 4) is 0 Å². The number of hydrogen-bond donors (Lipinski definition) is 1. The third-order valence-electron chi connectivity index (χ3n) is 4.74. The average Bonchev–Trinajstić information content (AvgIpc) is 2.96. The van der Waals surface area contributed by atoms with Gasteiger partial charge in [-0.25, -0.2) is 0 Å². The second kappa shape index (κ2) is 6.77. The molecule has 5 heteroatoms. The third kappa shape index (κ3) is 3.32. The van der Waals surface area contributed by atoms with E-state index in [2.05, 4.69) is 16.7 Å². The summed E-state index contributed by atoms with van der Waals surface area (Å²) in [6.07, 6.45) is 0.338. The lowest BCUT2D eigenvalue weighted by Crippen LogP contribution is -2.56. The summed E-state index contributed by atoms with van der Waals surface area (Å²) in [4.78, 5) is 16.2.